The predicted octanol–water partition coefficient (Wildman–Crippen LogP) is 1.48. The van der Waals surface area contributed by atoms with Crippen LogP contribution in [0.1, 0.15) is 5.69 Å². The van der Waals surface area contributed by atoms with E-state index in [-0.39, 0.29) is 17.2 Å². The summed E-state index contributed by atoms with van der Waals surface area (Å²) in [5, 5.41) is 8.54. The normalized spacial score (nSPS) is 10.9. The Labute approximate surface area is 136 Å². The molecule has 0 unspecified atom stereocenters. The Balaban J connectivity index is 1.76. The molecule has 3 aromatic rings. The maximum Gasteiger partial charge on any atom is 0.252 e. The Bertz CT molecular complexity index is 903. The number of carbonyl (C=O) groups excluding carboxylic acids is 1. The van der Waals surface area contributed by atoms with Crippen LogP contribution in [-0.4, -0.2) is 38.3 Å². The third kappa shape index (κ3) is 3.11. The van der Waals surface area contributed by atoms with E-state index in [1.165, 1.54) is 17.8 Å². The first-order valence-corrected chi connectivity index (χ1v) is 7.94. The second-order valence-corrected chi connectivity index (χ2v) is 5.94. The minimum atomic E-state index is -0.223. The molecule has 3 rings (SSSR count). The van der Waals surface area contributed by atoms with Gasteiger partial charge in [-0.25, -0.2) is 0 Å². The predicted molar refractivity (Wildman–Crippen MR) is 88.9 cm³/mol. The van der Waals surface area contributed by atoms with Crippen LogP contribution in [0.15, 0.2) is 46.3 Å². The maximum atomic E-state index is 12.3. The molecule has 0 saturated carbocycles. The van der Waals surface area contributed by atoms with Crippen molar-refractivity contribution in [2.45, 2.75) is 12.1 Å². The van der Waals surface area contributed by atoms with Crippen LogP contribution in [0.4, 0.5) is 5.69 Å². The number of carbonyl (C=O) groups is 1. The van der Waals surface area contributed by atoms with Gasteiger partial charge in [-0.15, -0.1) is 10.2 Å². The number of rotatable bonds is 4. The van der Waals surface area contributed by atoms with Gasteiger partial charge in [0.05, 0.1) is 5.75 Å². The van der Waals surface area contributed by atoms with E-state index in [9.17, 15) is 9.59 Å². The van der Waals surface area contributed by atoms with Gasteiger partial charge in [0.15, 0.2) is 5.16 Å². The lowest BCUT2D eigenvalue weighted by molar-refractivity contribution is -0.115. The van der Waals surface area contributed by atoms with E-state index in [4.69, 9.17) is 0 Å². The smallest absolute Gasteiger partial charge is 0.252 e. The molecule has 0 atom stereocenters. The van der Waals surface area contributed by atoms with E-state index in [1.54, 1.807) is 23.3 Å². The quantitative estimate of drug-likeness (QED) is 0.733. The largest absolute Gasteiger partial charge is 0.315 e. The Morgan fingerprint density at radius 3 is 2.78 bits per heavy atom. The van der Waals surface area contributed by atoms with Gasteiger partial charge in [-0.1, -0.05) is 30.0 Å². The molecule has 0 fully saturated rings. The molecule has 0 aliphatic rings. The molecule has 0 aliphatic heterocycles. The van der Waals surface area contributed by atoms with E-state index in [0.29, 0.717) is 10.9 Å². The molecule has 2 heterocycles. The molecule has 0 spiro atoms. The van der Waals surface area contributed by atoms with Gasteiger partial charge in [0.2, 0.25) is 11.7 Å². The van der Waals surface area contributed by atoms with Crippen LogP contribution in [-0.2, 0) is 4.79 Å². The van der Waals surface area contributed by atoms with Gasteiger partial charge in [-0.2, -0.15) is 0 Å². The zero-order valence-electron chi connectivity index (χ0n) is 12.7. The van der Waals surface area contributed by atoms with E-state index < -0.39 is 0 Å². The molecule has 0 aliphatic carbocycles. The lowest BCUT2D eigenvalue weighted by Gasteiger charge is -2.16. The number of benzene rings is 1. The first-order chi connectivity index (χ1) is 11.1. The fraction of sp³-hybridized carbons (Fsp3) is 0.200. The van der Waals surface area contributed by atoms with Crippen molar-refractivity contribution in [2.75, 3.05) is 17.7 Å². The summed E-state index contributed by atoms with van der Waals surface area (Å²) in [6.45, 7) is 1.80. The summed E-state index contributed by atoms with van der Waals surface area (Å²) in [5.41, 5.74) is 1.34. The molecule has 2 aromatic heterocycles. The Morgan fingerprint density at radius 2 is 2.04 bits per heavy atom. The lowest BCUT2D eigenvalue weighted by Crippen LogP contribution is -2.27. The van der Waals surface area contributed by atoms with E-state index in [2.05, 4.69) is 15.2 Å². The molecule has 0 bridgehead atoms. The number of aromatic nitrogens is 4. The molecule has 8 heteroatoms. The van der Waals surface area contributed by atoms with Crippen LogP contribution in [0.25, 0.3) is 5.78 Å². The minimum Gasteiger partial charge on any atom is -0.315 e. The second kappa shape index (κ2) is 6.25. The van der Waals surface area contributed by atoms with E-state index >= 15 is 0 Å². The first kappa shape index (κ1) is 15.3. The Kier molecular flexibility index (Phi) is 4.16. The van der Waals surface area contributed by atoms with Gasteiger partial charge in [-0.05, 0) is 19.1 Å². The van der Waals surface area contributed by atoms with Crippen LogP contribution in [0.2, 0.25) is 0 Å². The van der Waals surface area contributed by atoms with Gasteiger partial charge in [-0.3, -0.25) is 19.0 Å². The van der Waals surface area contributed by atoms with Crippen LogP contribution in [0.3, 0.4) is 0 Å². The SMILES string of the molecule is Cc1cc(=O)[nH]c2nnc(SCC(=O)N(C)c3ccccc3)n12. The minimum absolute atomic E-state index is 0.0416. The summed E-state index contributed by atoms with van der Waals surface area (Å²) in [4.78, 5) is 27.9. The molecule has 0 saturated heterocycles. The number of para-hydroxylation sites is 1. The molecule has 0 radical (unpaired) electrons. The summed E-state index contributed by atoms with van der Waals surface area (Å²) in [6.07, 6.45) is 0. The van der Waals surface area contributed by atoms with Crippen molar-refractivity contribution in [3.05, 3.63) is 52.4 Å². The summed E-state index contributed by atoms with van der Waals surface area (Å²) >= 11 is 1.28. The standard InChI is InChI=1S/C15H15N5O2S/c1-10-8-12(21)16-14-17-18-15(20(10)14)23-9-13(22)19(2)11-6-4-3-5-7-11/h3-8H,9H2,1-2H3,(H,16,17,21). The third-order valence-corrected chi connectivity index (χ3v) is 4.32. The number of amides is 1. The van der Waals surface area contributed by atoms with Gasteiger partial charge < -0.3 is 4.90 Å². The van der Waals surface area contributed by atoms with Crippen molar-refractivity contribution in [1.82, 2.24) is 19.6 Å². The molecule has 1 aromatic carbocycles. The van der Waals surface area contributed by atoms with Gasteiger partial charge in [0.25, 0.3) is 5.56 Å². The zero-order valence-corrected chi connectivity index (χ0v) is 13.5. The Morgan fingerprint density at radius 1 is 1.30 bits per heavy atom. The number of H-pyrrole nitrogens is 1. The van der Waals surface area contributed by atoms with Crippen molar-refractivity contribution < 1.29 is 4.79 Å². The lowest BCUT2D eigenvalue weighted by atomic mass is 10.3. The van der Waals surface area contributed by atoms with Crippen molar-refractivity contribution in [3.8, 4) is 0 Å². The number of nitrogens with zero attached hydrogens (tertiary/aromatic N) is 4. The highest BCUT2D eigenvalue weighted by molar-refractivity contribution is 7.99. The monoisotopic (exact) mass is 329 g/mol. The van der Waals surface area contributed by atoms with Crippen LogP contribution >= 0.6 is 11.8 Å². The van der Waals surface area contributed by atoms with Crippen molar-refractivity contribution in [2.24, 2.45) is 0 Å². The van der Waals surface area contributed by atoms with Gasteiger partial charge in [0, 0.05) is 24.5 Å². The molecular formula is C15H15N5O2S. The number of aryl methyl sites for hydroxylation is 1. The summed E-state index contributed by atoms with van der Waals surface area (Å²) < 4.78 is 1.72. The summed E-state index contributed by atoms with van der Waals surface area (Å²) in [5.74, 6) is 0.562. The number of anilines is 1. The topological polar surface area (TPSA) is 83.4 Å². The average molecular weight is 329 g/mol. The van der Waals surface area contributed by atoms with Gasteiger partial charge in [0.1, 0.15) is 0 Å². The van der Waals surface area contributed by atoms with Crippen LogP contribution in [0, 0.1) is 6.92 Å². The van der Waals surface area contributed by atoms with Gasteiger partial charge >= 0.3 is 0 Å². The third-order valence-electron chi connectivity index (χ3n) is 3.40. The molecule has 1 amide bonds. The number of hydrogen-bond donors (Lipinski definition) is 1. The van der Waals surface area contributed by atoms with Crippen LogP contribution < -0.4 is 10.5 Å². The number of fused-ring (bicyclic) bond motifs is 1. The maximum absolute atomic E-state index is 12.3. The second-order valence-electron chi connectivity index (χ2n) is 4.99. The molecule has 1 N–H and O–H groups in total. The fourth-order valence-corrected chi connectivity index (χ4v) is 3.09. The Hall–Kier alpha value is -2.61. The molecule has 7 nitrogen and oxygen atoms in total. The number of nitrogens with one attached hydrogen (secondary N) is 1. The van der Waals surface area contributed by atoms with Crippen molar-refractivity contribution in [3.63, 3.8) is 0 Å². The number of hydrogen-bond acceptors (Lipinski definition) is 5. The van der Waals surface area contributed by atoms with Crippen molar-refractivity contribution >= 4 is 29.1 Å². The highest BCUT2D eigenvalue weighted by atomic mass is 32.2. The van der Waals surface area contributed by atoms with E-state index in [0.717, 1.165) is 11.4 Å². The van der Waals surface area contributed by atoms with Crippen molar-refractivity contribution in [1.29, 1.82) is 0 Å². The molecule has 118 valence electrons. The molecular weight excluding hydrogens is 314 g/mol. The highest BCUT2D eigenvalue weighted by Gasteiger charge is 2.15. The molecule has 23 heavy (non-hydrogen) atoms. The highest BCUT2D eigenvalue weighted by Crippen LogP contribution is 2.19. The van der Waals surface area contributed by atoms with Crippen LogP contribution in [0.5, 0.6) is 0 Å². The number of aromatic amines is 1. The first-order valence-electron chi connectivity index (χ1n) is 6.96. The fourth-order valence-electron chi connectivity index (χ4n) is 2.18. The summed E-state index contributed by atoms with van der Waals surface area (Å²) in [6, 6.07) is 10.9. The van der Waals surface area contributed by atoms with E-state index in [1.807, 2.05) is 30.3 Å². The number of thioether (sulfide) groups is 1. The summed E-state index contributed by atoms with van der Waals surface area (Å²) in [7, 11) is 1.74. The zero-order chi connectivity index (χ0) is 16.4. The average Bonchev–Trinajstić information content (AvgIpc) is 2.95.